The molecule has 0 aliphatic carbocycles. The van der Waals surface area contributed by atoms with Gasteiger partial charge in [0.25, 0.3) is 0 Å². The minimum absolute atomic E-state index is 0.257. The summed E-state index contributed by atoms with van der Waals surface area (Å²) in [5, 5.41) is 9.67. The van der Waals surface area contributed by atoms with E-state index in [2.05, 4.69) is 4.72 Å². The monoisotopic (exact) mass is 333 g/mol. The molecule has 0 saturated heterocycles. The Morgan fingerprint density at radius 3 is 2.18 bits per heavy atom. The van der Waals surface area contributed by atoms with Gasteiger partial charge < -0.3 is 5.11 Å². The van der Waals surface area contributed by atoms with Crippen molar-refractivity contribution in [1.29, 1.82) is 0 Å². The number of nitrogens with one attached hydrogen (secondary N) is 1. The average molecular weight is 333 g/mol. The maximum atomic E-state index is 14.2. The Balaban J connectivity index is 3.05. The first-order chi connectivity index (χ1) is 9.76. The molecule has 0 bridgehead atoms. The Hall–Kier alpha value is -0.850. The van der Waals surface area contributed by atoms with Gasteiger partial charge in [0, 0.05) is 11.6 Å². The molecular weight excluding hydrogens is 308 g/mol. The van der Waals surface area contributed by atoms with Gasteiger partial charge in [0.15, 0.2) is 0 Å². The van der Waals surface area contributed by atoms with Crippen LogP contribution in [-0.2, 0) is 16.9 Å². The SMILES string of the molecule is C[C@@H](N[S@](=O)C(C)(C)C)c1cccc(C(F)(F)C(C)(C)O)c1. The van der Waals surface area contributed by atoms with Gasteiger partial charge in [-0.05, 0) is 53.2 Å². The maximum Gasteiger partial charge on any atom is 0.300 e. The van der Waals surface area contributed by atoms with Gasteiger partial charge in [-0.3, -0.25) is 0 Å². The second-order valence-electron chi connectivity index (χ2n) is 6.98. The highest BCUT2D eigenvalue weighted by molar-refractivity contribution is 7.84. The van der Waals surface area contributed by atoms with E-state index < -0.39 is 27.3 Å². The summed E-state index contributed by atoms with van der Waals surface area (Å²) in [5.74, 6) is -3.37. The molecule has 22 heavy (non-hydrogen) atoms. The third kappa shape index (κ3) is 4.33. The van der Waals surface area contributed by atoms with E-state index >= 15 is 0 Å². The maximum absolute atomic E-state index is 14.2. The molecule has 2 atom stereocenters. The largest absolute Gasteiger partial charge is 0.384 e. The van der Waals surface area contributed by atoms with E-state index in [1.807, 2.05) is 20.8 Å². The minimum atomic E-state index is -3.37. The average Bonchev–Trinajstić information content (AvgIpc) is 2.36. The van der Waals surface area contributed by atoms with Crippen LogP contribution in [0.4, 0.5) is 8.78 Å². The number of benzene rings is 1. The lowest BCUT2D eigenvalue weighted by atomic mass is 9.91. The predicted octanol–water partition coefficient (Wildman–Crippen LogP) is 3.66. The van der Waals surface area contributed by atoms with E-state index in [1.54, 1.807) is 13.0 Å². The summed E-state index contributed by atoms with van der Waals surface area (Å²) in [6, 6.07) is 5.49. The number of hydrogen-bond donors (Lipinski definition) is 2. The van der Waals surface area contributed by atoms with Gasteiger partial charge in [0.1, 0.15) is 5.60 Å². The lowest BCUT2D eigenvalue weighted by Crippen LogP contribution is -2.40. The van der Waals surface area contributed by atoms with Crippen LogP contribution >= 0.6 is 0 Å². The molecule has 1 aromatic rings. The van der Waals surface area contributed by atoms with Crippen LogP contribution < -0.4 is 4.72 Å². The van der Waals surface area contributed by atoms with Crippen LogP contribution in [0.5, 0.6) is 0 Å². The van der Waals surface area contributed by atoms with Crippen LogP contribution in [0.3, 0.4) is 0 Å². The van der Waals surface area contributed by atoms with Gasteiger partial charge >= 0.3 is 5.92 Å². The number of alkyl halides is 2. The van der Waals surface area contributed by atoms with E-state index in [-0.39, 0.29) is 11.6 Å². The van der Waals surface area contributed by atoms with Gasteiger partial charge in [-0.2, -0.15) is 8.78 Å². The van der Waals surface area contributed by atoms with E-state index in [9.17, 15) is 18.1 Å². The Kier molecular flexibility index (Phi) is 5.53. The van der Waals surface area contributed by atoms with Gasteiger partial charge in [0.2, 0.25) is 0 Å². The van der Waals surface area contributed by atoms with Gasteiger partial charge in [-0.25, -0.2) is 8.93 Å². The van der Waals surface area contributed by atoms with Crippen molar-refractivity contribution in [1.82, 2.24) is 4.72 Å². The van der Waals surface area contributed by atoms with Crippen LogP contribution in [0.15, 0.2) is 24.3 Å². The predicted molar refractivity (Wildman–Crippen MR) is 86.1 cm³/mol. The minimum Gasteiger partial charge on any atom is -0.384 e. The fraction of sp³-hybridized carbons (Fsp3) is 0.625. The Morgan fingerprint density at radius 2 is 1.73 bits per heavy atom. The Labute approximate surface area is 133 Å². The number of hydrogen-bond acceptors (Lipinski definition) is 2. The number of halogens is 2. The topological polar surface area (TPSA) is 49.3 Å². The third-order valence-corrected chi connectivity index (χ3v) is 5.04. The number of aliphatic hydroxyl groups is 1. The second-order valence-corrected chi connectivity index (χ2v) is 8.98. The second kappa shape index (κ2) is 6.34. The molecule has 0 radical (unpaired) electrons. The van der Waals surface area contributed by atoms with E-state index in [0.717, 1.165) is 13.8 Å². The van der Waals surface area contributed by atoms with Crippen LogP contribution in [0.1, 0.15) is 58.7 Å². The molecule has 0 aromatic heterocycles. The van der Waals surface area contributed by atoms with Crippen molar-refractivity contribution in [3.05, 3.63) is 35.4 Å². The summed E-state index contributed by atoms with van der Waals surface area (Å²) >= 11 is 0. The molecule has 3 nitrogen and oxygen atoms in total. The molecule has 0 aliphatic rings. The van der Waals surface area contributed by atoms with Gasteiger partial charge in [-0.15, -0.1) is 0 Å². The van der Waals surface area contributed by atoms with Crippen molar-refractivity contribution in [2.24, 2.45) is 0 Å². The summed E-state index contributed by atoms with van der Waals surface area (Å²) in [6.45, 7) is 9.43. The van der Waals surface area contributed by atoms with Crippen molar-refractivity contribution >= 4 is 11.0 Å². The molecular formula is C16H25F2NO2S. The number of rotatable bonds is 5. The van der Waals surface area contributed by atoms with Gasteiger partial charge in [-0.1, -0.05) is 18.2 Å². The summed E-state index contributed by atoms with van der Waals surface area (Å²) in [5.41, 5.74) is -1.82. The lowest BCUT2D eigenvalue weighted by Gasteiger charge is -2.30. The first-order valence-corrected chi connectivity index (χ1v) is 8.30. The van der Waals surface area contributed by atoms with Gasteiger partial charge in [0.05, 0.1) is 15.7 Å². The molecule has 126 valence electrons. The quantitative estimate of drug-likeness (QED) is 0.864. The molecule has 0 saturated carbocycles. The van der Waals surface area contributed by atoms with Crippen molar-refractivity contribution in [2.45, 2.75) is 63.9 Å². The summed E-state index contributed by atoms with van der Waals surface area (Å²) in [6.07, 6.45) is 0. The van der Waals surface area contributed by atoms with E-state index in [0.29, 0.717) is 5.56 Å². The fourth-order valence-corrected chi connectivity index (χ4v) is 2.57. The summed E-state index contributed by atoms with van der Waals surface area (Å²) < 4.78 is 43.0. The molecule has 0 fully saturated rings. The third-order valence-electron chi connectivity index (χ3n) is 3.36. The highest BCUT2D eigenvalue weighted by Crippen LogP contribution is 2.39. The van der Waals surface area contributed by atoms with Crippen molar-refractivity contribution in [3.8, 4) is 0 Å². The normalized spacial score (nSPS) is 16.4. The summed E-state index contributed by atoms with van der Waals surface area (Å²) in [4.78, 5) is 0. The molecule has 0 unspecified atom stereocenters. The standard InChI is InChI=1S/C16H25F2NO2S/c1-11(19-22(21)14(2,3)4)12-8-7-9-13(10-12)16(17,18)15(5,6)20/h7-11,19-20H,1-6H3/t11-,22-/m1/s1. The Bertz CT molecular complexity index is 548. The molecule has 2 N–H and O–H groups in total. The molecule has 1 aromatic carbocycles. The van der Waals surface area contributed by atoms with Crippen LogP contribution in [0.2, 0.25) is 0 Å². The molecule has 6 heteroatoms. The van der Waals surface area contributed by atoms with Crippen molar-refractivity contribution in [2.75, 3.05) is 0 Å². The fourth-order valence-electron chi connectivity index (χ4n) is 1.76. The first kappa shape index (κ1) is 19.2. The van der Waals surface area contributed by atoms with Crippen LogP contribution in [-0.4, -0.2) is 19.7 Å². The van der Waals surface area contributed by atoms with Crippen LogP contribution in [0, 0.1) is 0 Å². The first-order valence-electron chi connectivity index (χ1n) is 7.15. The molecule has 1 rings (SSSR count). The molecule has 0 amide bonds. The smallest absolute Gasteiger partial charge is 0.300 e. The zero-order valence-corrected chi connectivity index (χ0v) is 14.7. The van der Waals surface area contributed by atoms with Crippen molar-refractivity contribution in [3.63, 3.8) is 0 Å². The highest BCUT2D eigenvalue weighted by Gasteiger charge is 2.47. The zero-order valence-electron chi connectivity index (χ0n) is 13.9. The van der Waals surface area contributed by atoms with Crippen LogP contribution in [0.25, 0.3) is 0 Å². The van der Waals surface area contributed by atoms with Crippen molar-refractivity contribution < 1.29 is 18.1 Å². The molecule has 0 heterocycles. The highest BCUT2D eigenvalue weighted by atomic mass is 32.2. The molecule has 0 spiro atoms. The molecule has 0 aliphatic heterocycles. The van der Waals surface area contributed by atoms with E-state index in [1.165, 1.54) is 18.2 Å². The zero-order chi connectivity index (χ0) is 17.3. The summed E-state index contributed by atoms with van der Waals surface area (Å²) in [7, 11) is -1.30. The van der Waals surface area contributed by atoms with E-state index in [4.69, 9.17) is 0 Å². The Morgan fingerprint density at radius 1 is 1.18 bits per heavy atom. The lowest BCUT2D eigenvalue weighted by molar-refractivity contribution is -0.168.